The Morgan fingerprint density at radius 3 is 2.35 bits per heavy atom. The van der Waals surface area contributed by atoms with Crippen LogP contribution >= 0.6 is 15.9 Å². The van der Waals surface area contributed by atoms with Crippen molar-refractivity contribution in [1.82, 2.24) is 0 Å². The standard InChI is InChI=1S/C18H22BrN/c1-18(2)11-9-13(10-12-18)20-17-8-7-16(19)14-5-3-4-6-15(14)17/h3-8,13,20H,9-12H2,1-2H3. The van der Waals surface area contributed by atoms with Gasteiger partial charge in [-0.25, -0.2) is 0 Å². The highest BCUT2D eigenvalue weighted by Crippen LogP contribution is 2.37. The molecule has 0 atom stereocenters. The fourth-order valence-corrected chi connectivity index (χ4v) is 3.63. The minimum absolute atomic E-state index is 0.528. The van der Waals surface area contributed by atoms with Crippen molar-refractivity contribution in [2.75, 3.05) is 5.32 Å². The molecule has 1 fully saturated rings. The molecular formula is C18H22BrN. The van der Waals surface area contributed by atoms with Crippen LogP contribution in [0.3, 0.4) is 0 Å². The van der Waals surface area contributed by atoms with Crippen LogP contribution in [0.25, 0.3) is 10.8 Å². The van der Waals surface area contributed by atoms with E-state index in [1.165, 1.54) is 46.6 Å². The first-order chi connectivity index (χ1) is 9.55. The number of fused-ring (bicyclic) bond motifs is 1. The maximum atomic E-state index is 3.77. The van der Waals surface area contributed by atoms with Gasteiger partial charge in [-0.15, -0.1) is 0 Å². The van der Waals surface area contributed by atoms with Crippen molar-refractivity contribution in [3.63, 3.8) is 0 Å². The Labute approximate surface area is 129 Å². The highest BCUT2D eigenvalue weighted by atomic mass is 79.9. The van der Waals surface area contributed by atoms with Gasteiger partial charge in [0.15, 0.2) is 0 Å². The van der Waals surface area contributed by atoms with E-state index in [9.17, 15) is 0 Å². The van der Waals surface area contributed by atoms with Gasteiger partial charge < -0.3 is 5.32 Å². The number of nitrogens with one attached hydrogen (secondary N) is 1. The van der Waals surface area contributed by atoms with E-state index in [4.69, 9.17) is 0 Å². The van der Waals surface area contributed by atoms with Crippen molar-refractivity contribution in [3.05, 3.63) is 40.9 Å². The maximum absolute atomic E-state index is 3.77. The van der Waals surface area contributed by atoms with Gasteiger partial charge in [-0.2, -0.15) is 0 Å². The lowest BCUT2D eigenvalue weighted by Crippen LogP contribution is -2.29. The molecule has 1 aliphatic rings. The van der Waals surface area contributed by atoms with E-state index in [1.807, 2.05) is 0 Å². The number of hydrogen-bond donors (Lipinski definition) is 1. The lowest BCUT2D eigenvalue weighted by atomic mass is 9.75. The monoisotopic (exact) mass is 331 g/mol. The van der Waals surface area contributed by atoms with Gasteiger partial charge in [0.25, 0.3) is 0 Å². The zero-order valence-corrected chi connectivity index (χ0v) is 13.8. The molecule has 106 valence electrons. The first-order valence-corrected chi connectivity index (χ1v) is 8.28. The van der Waals surface area contributed by atoms with Crippen LogP contribution in [0.2, 0.25) is 0 Å². The molecule has 0 heterocycles. The highest BCUT2D eigenvalue weighted by Gasteiger charge is 2.26. The summed E-state index contributed by atoms with van der Waals surface area (Å²) in [6, 6.07) is 13.6. The summed E-state index contributed by atoms with van der Waals surface area (Å²) >= 11 is 3.64. The van der Waals surface area contributed by atoms with Gasteiger partial charge >= 0.3 is 0 Å². The van der Waals surface area contributed by atoms with E-state index in [2.05, 4.69) is 71.5 Å². The van der Waals surface area contributed by atoms with Crippen LogP contribution in [0.15, 0.2) is 40.9 Å². The van der Waals surface area contributed by atoms with Crippen molar-refractivity contribution in [1.29, 1.82) is 0 Å². The molecular weight excluding hydrogens is 310 g/mol. The lowest BCUT2D eigenvalue weighted by molar-refractivity contribution is 0.232. The summed E-state index contributed by atoms with van der Waals surface area (Å²) < 4.78 is 1.17. The van der Waals surface area contributed by atoms with E-state index in [-0.39, 0.29) is 0 Å². The van der Waals surface area contributed by atoms with Gasteiger partial charge in [0, 0.05) is 21.6 Å². The SMILES string of the molecule is CC1(C)CCC(Nc2ccc(Br)c3ccccc23)CC1. The molecule has 1 nitrogen and oxygen atoms in total. The lowest BCUT2D eigenvalue weighted by Gasteiger charge is -2.35. The summed E-state index contributed by atoms with van der Waals surface area (Å²) in [4.78, 5) is 0. The molecule has 0 spiro atoms. The zero-order valence-electron chi connectivity index (χ0n) is 12.2. The van der Waals surface area contributed by atoms with E-state index in [0.717, 1.165) is 0 Å². The van der Waals surface area contributed by atoms with E-state index in [1.54, 1.807) is 0 Å². The van der Waals surface area contributed by atoms with Crippen LogP contribution in [0.1, 0.15) is 39.5 Å². The smallest absolute Gasteiger partial charge is 0.0422 e. The number of anilines is 1. The summed E-state index contributed by atoms with van der Waals surface area (Å²) in [6.45, 7) is 4.77. The van der Waals surface area contributed by atoms with E-state index in [0.29, 0.717) is 11.5 Å². The Balaban J connectivity index is 1.83. The summed E-state index contributed by atoms with van der Waals surface area (Å²) in [5.74, 6) is 0. The molecule has 3 rings (SSSR count). The molecule has 1 saturated carbocycles. The predicted octanol–water partition coefficient (Wildman–Crippen LogP) is 5.98. The number of halogens is 1. The van der Waals surface area contributed by atoms with Crippen molar-refractivity contribution in [2.24, 2.45) is 5.41 Å². The Bertz CT molecular complexity index is 608. The quantitative estimate of drug-likeness (QED) is 0.713. The van der Waals surface area contributed by atoms with Crippen LogP contribution in [0, 0.1) is 5.41 Å². The summed E-state index contributed by atoms with van der Waals surface area (Å²) in [5, 5.41) is 6.37. The van der Waals surface area contributed by atoms with Gasteiger partial charge in [-0.1, -0.05) is 54.0 Å². The van der Waals surface area contributed by atoms with E-state index < -0.39 is 0 Å². The third-order valence-electron chi connectivity index (χ3n) is 4.57. The third-order valence-corrected chi connectivity index (χ3v) is 5.26. The molecule has 0 unspecified atom stereocenters. The van der Waals surface area contributed by atoms with E-state index >= 15 is 0 Å². The van der Waals surface area contributed by atoms with Gasteiger partial charge in [0.2, 0.25) is 0 Å². The molecule has 20 heavy (non-hydrogen) atoms. The summed E-state index contributed by atoms with van der Waals surface area (Å²) in [6.07, 6.45) is 5.19. The Morgan fingerprint density at radius 1 is 1.00 bits per heavy atom. The van der Waals surface area contributed by atoms with Crippen molar-refractivity contribution >= 4 is 32.4 Å². The van der Waals surface area contributed by atoms with Crippen molar-refractivity contribution in [2.45, 2.75) is 45.6 Å². The van der Waals surface area contributed by atoms with Gasteiger partial charge in [-0.05, 0) is 48.6 Å². The highest BCUT2D eigenvalue weighted by molar-refractivity contribution is 9.10. The first-order valence-electron chi connectivity index (χ1n) is 7.49. The number of rotatable bonds is 2. The Hall–Kier alpha value is -1.02. The fourth-order valence-electron chi connectivity index (χ4n) is 3.15. The van der Waals surface area contributed by atoms with Gasteiger partial charge in [0.1, 0.15) is 0 Å². The topological polar surface area (TPSA) is 12.0 Å². The van der Waals surface area contributed by atoms with Crippen LogP contribution < -0.4 is 5.32 Å². The number of hydrogen-bond acceptors (Lipinski definition) is 1. The summed E-state index contributed by atoms with van der Waals surface area (Å²) in [7, 11) is 0. The normalized spacial score (nSPS) is 19.1. The molecule has 0 aliphatic heterocycles. The Kier molecular flexibility index (Phi) is 3.76. The van der Waals surface area contributed by atoms with Gasteiger partial charge in [0.05, 0.1) is 0 Å². The third kappa shape index (κ3) is 2.85. The molecule has 0 amide bonds. The van der Waals surface area contributed by atoms with Crippen LogP contribution in [-0.4, -0.2) is 6.04 Å². The Morgan fingerprint density at radius 2 is 1.65 bits per heavy atom. The molecule has 2 heteroatoms. The second-order valence-corrected chi connectivity index (χ2v) is 7.58. The van der Waals surface area contributed by atoms with Crippen LogP contribution in [0.5, 0.6) is 0 Å². The molecule has 0 radical (unpaired) electrons. The minimum Gasteiger partial charge on any atom is -0.382 e. The molecule has 2 aromatic rings. The summed E-state index contributed by atoms with van der Waals surface area (Å²) in [5.41, 5.74) is 1.80. The number of benzene rings is 2. The second-order valence-electron chi connectivity index (χ2n) is 6.72. The first kappa shape index (κ1) is 13.9. The van der Waals surface area contributed by atoms with Crippen LogP contribution in [0.4, 0.5) is 5.69 Å². The van der Waals surface area contributed by atoms with Crippen molar-refractivity contribution < 1.29 is 0 Å². The fraction of sp³-hybridized carbons (Fsp3) is 0.444. The average molecular weight is 332 g/mol. The zero-order chi connectivity index (χ0) is 14.2. The minimum atomic E-state index is 0.528. The van der Waals surface area contributed by atoms with Crippen molar-refractivity contribution in [3.8, 4) is 0 Å². The predicted molar refractivity (Wildman–Crippen MR) is 91.3 cm³/mol. The largest absolute Gasteiger partial charge is 0.382 e. The molecule has 1 aliphatic carbocycles. The molecule has 0 bridgehead atoms. The maximum Gasteiger partial charge on any atom is 0.0422 e. The molecule has 2 aromatic carbocycles. The molecule has 0 aromatic heterocycles. The second kappa shape index (κ2) is 5.40. The van der Waals surface area contributed by atoms with Crippen LogP contribution in [-0.2, 0) is 0 Å². The molecule has 0 saturated heterocycles. The van der Waals surface area contributed by atoms with Gasteiger partial charge in [-0.3, -0.25) is 0 Å². The molecule has 1 N–H and O–H groups in total. The average Bonchev–Trinajstić information content (AvgIpc) is 2.44.